The molecule has 0 aliphatic heterocycles. The van der Waals surface area contributed by atoms with Gasteiger partial charge >= 0.3 is 0 Å². The Balaban J connectivity index is 1.67. The van der Waals surface area contributed by atoms with Crippen LogP contribution in [0, 0.1) is 5.82 Å². The lowest BCUT2D eigenvalue weighted by molar-refractivity contribution is 0.102. The van der Waals surface area contributed by atoms with Crippen LogP contribution in [0.1, 0.15) is 10.5 Å². The van der Waals surface area contributed by atoms with Crippen LogP contribution < -0.4 is 10.6 Å². The molecule has 2 aromatic carbocycles. The van der Waals surface area contributed by atoms with E-state index in [0.29, 0.717) is 22.2 Å². The number of hydrogen-bond donors (Lipinski definition) is 2. The van der Waals surface area contributed by atoms with Gasteiger partial charge in [-0.3, -0.25) is 4.79 Å². The molecule has 7 heteroatoms. The van der Waals surface area contributed by atoms with Crippen molar-refractivity contribution in [1.29, 1.82) is 0 Å². The van der Waals surface area contributed by atoms with Gasteiger partial charge in [0, 0.05) is 16.4 Å². The van der Waals surface area contributed by atoms with Crippen LogP contribution in [0.4, 0.5) is 21.6 Å². The molecule has 24 heavy (non-hydrogen) atoms. The van der Waals surface area contributed by atoms with E-state index in [1.807, 2.05) is 0 Å². The quantitative estimate of drug-likeness (QED) is 0.743. The molecule has 0 spiro atoms. The van der Waals surface area contributed by atoms with Crippen LogP contribution in [-0.4, -0.2) is 16.1 Å². The van der Waals surface area contributed by atoms with Crippen LogP contribution in [0.15, 0.2) is 60.7 Å². The molecule has 5 nitrogen and oxygen atoms in total. The van der Waals surface area contributed by atoms with Crippen LogP contribution in [0.3, 0.4) is 0 Å². The SMILES string of the molecule is O=C(Nc1ccc(Cl)cc1)c1ccc(Nc2cccc(F)c2)nn1. The van der Waals surface area contributed by atoms with Crippen LogP contribution in [0.2, 0.25) is 5.02 Å². The summed E-state index contributed by atoms with van der Waals surface area (Å²) >= 11 is 5.79. The topological polar surface area (TPSA) is 66.9 Å². The number of halogens is 2. The van der Waals surface area contributed by atoms with Crippen molar-refractivity contribution in [2.75, 3.05) is 10.6 Å². The lowest BCUT2D eigenvalue weighted by atomic mass is 10.3. The first-order chi connectivity index (χ1) is 11.6. The monoisotopic (exact) mass is 342 g/mol. The van der Waals surface area contributed by atoms with Gasteiger partial charge in [-0.15, -0.1) is 10.2 Å². The summed E-state index contributed by atoms with van der Waals surface area (Å²) in [6.07, 6.45) is 0. The molecule has 0 saturated carbocycles. The maximum absolute atomic E-state index is 13.1. The molecular formula is C17H12ClFN4O. The molecule has 0 bridgehead atoms. The molecule has 0 aliphatic rings. The molecule has 1 amide bonds. The van der Waals surface area contributed by atoms with Gasteiger partial charge in [0.05, 0.1) is 0 Å². The average molecular weight is 343 g/mol. The number of anilines is 3. The van der Waals surface area contributed by atoms with E-state index in [-0.39, 0.29) is 17.4 Å². The first-order valence-corrected chi connectivity index (χ1v) is 7.41. The third-order valence-corrected chi connectivity index (χ3v) is 3.35. The van der Waals surface area contributed by atoms with Crippen LogP contribution in [0.5, 0.6) is 0 Å². The van der Waals surface area contributed by atoms with E-state index >= 15 is 0 Å². The Morgan fingerprint density at radius 3 is 2.42 bits per heavy atom. The Hall–Kier alpha value is -2.99. The van der Waals surface area contributed by atoms with Crippen molar-refractivity contribution in [2.24, 2.45) is 0 Å². The van der Waals surface area contributed by atoms with E-state index in [1.54, 1.807) is 42.5 Å². The highest BCUT2D eigenvalue weighted by molar-refractivity contribution is 6.30. The number of nitrogens with zero attached hydrogens (tertiary/aromatic N) is 2. The molecule has 2 N–H and O–H groups in total. The summed E-state index contributed by atoms with van der Waals surface area (Å²) in [6.45, 7) is 0. The van der Waals surface area contributed by atoms with E-state index in [0.717, 1.165) is 0 Å². The molecule has 0 radical (unpaired) electrons. The summed E-state index contributed by atoms with van der Waals surface area (Å²) in [5.74, 6) is -0.335. The number of carbonyl (C=O) groups excluding carboxylic acids is 1. The minimum atomic E-state index is -0.387. The second kappa shape index (κ2) is 7.06. The first-order valence-electron chi connectivity index (χ1n) is 7.03. The van der Waals surface area contributed by atoms with Crippen molar-refractivity contribution >= 4 is 34.7 Å². The van der Waals surface area contributed by atoms with Crippen molar-refractivity contribution < 1.29 is 9.18 Å². The lowest BCUT2D eigenvalue weighted by Gasteiger charge is -2.06. The highest BCUT2D eigenvalue weighted by Crippen LogP contribution is 2.16. The number of aromatic nitrogens is 2. The van der Waals surface area contributed by atoms with Gasteiger partial charge in [0.25, 0.3) is 5.91 Å². The van der Waals surface area contributed by atoms with Crippen LogP contribution >= 0.6 is 11.6 Å². The molecule has 120 valence electrons. The fourth-order valence-electron chi connectivity index (χ4n) is 1.96. The Morgan fingerprint density at radius 1 is 0.958 bits per heavy atom. The molecular weight excluding hydrogens is 331 g/mol. The van der Waals surface area contributed by atoms with Gasteiger partial charge < -0.3 is 10.6 Å². The predicted octanol–water partition coefficient (Wildman–Crippen LogP) is 4.27. The van der Waals surface area contributed by atoms with E-state index in [2.05, 4.69) is 20.8 Å². The Morgan fingerprint density at radius 2 is 1.75 bits per heavy atom. The fourth-order valence-corrected chi connectivity index (χ4v) is 2.09. The van der Waals surface area contributed by atoms with Crippen molar-refractivity contribution in [3.63, 3.8) is 0 Å². The van der Waals surface area contributed by atoms with E-state index < -0.39 is 0 Å². The number of carbonyl (C=O) groups is 1. The normalized spacial score (nSPS) is 10.2. The van der Waals surface area contributed by atoms with Crippen molar-refractivity contribution in [3.8, 4) is 0 Å². The van der Waals surface area contributed by atoms with E-state index in [9.17, 15) is 9.18 Å². The molecule has 0 unspecified atom stereocenters. The Labute approximate surface area is 142 Å². The maximum atomic E-state index is 13.1. The zero-order valence-electron chi connectivity index (χ0n) is 12.3. The summed E-state index contributed by atoms with van der Waals surface area (Å²) in [6, 6.07) is 15.8. The van der Waals surface area contributed by atoms with Gasteiger partial charge in [-0.05, 0) is 54.6 Å². The molecule has 1 aromatic heterocycles. The second-order valence-corrected chi connectivity index (χ2v) is 5.34. The second-order valence-electron chi connectivity index (χ2n) is 4.90. The molecule has 0 aliphatic carbocycles. The van der Waals surface area contributed by atoms with Crippen molar-refractivity contribution in [2.45, 2.75) is 0 Å². The fraction of sp³-hybridized carbons (Fsp3) is 0. The van der Waals surface area contributed by atoms with Gasteiger partial charge in [0.1, 0.15) is 5.82 Å². The zero-order chi connectivity index (χ0) is 16.9. The number of amides is 1. The largest absolute Gasteiger partial charge is 0.339 e. The van der Waals surface area contributed by atoms with E-state index in [4.69, 9.17) is 11.6 Å². The molecule has 0 fully saturated rings. The minimum Gasteiger partial charge on any atom is -0.339 e. The summed E-state index contributed by atoms with van der Waals surface area (Å²) in [5.41, 5.74) is 1.31. The van der Waals surface area contributed by atoms with Gasteiger partial charge in [0.2, 0.25) is 0 Å². The van der Waals surface area contributed by atoms with Gasteiger partial charge in [-0.1, -0.05) is 17.7 Å². The predicted molar refractivity (Wildman–Crippen MR) is 91.1 cm³/mol. The highest BCUT2D eigenvalue weighted by Gasteiger charge is 2.09. The minimum absolute atomic E-state index is 0.162. The molecule has 0 saturated heterocycles. The lowest BCUT2D eigenvalue weighted by Crippen LogP contribution is -2.14. The van der Waals surface area contributed by atoms with Crippen molar-refractivity contribution in [3.05, 3.63) is 77.2 Å². The smallest absolute Gasteiger partial charge is 0.276 e. The molecule has 1 heterocycles. The summed E-state index contributed by atoms with van der Waals surface area (Å²) < 4.78 is 13.1. The summed E-state index contributed by atoms with van der Waals surface area (Å²) in [4.78, 5) is 12.1. The van der Waals surface area contributed by atoms with Crippen LogP contribution in [0.25, 0.3) is 0 Å². The molecule has 3 aromatic rings. The standard InChI is InChI=1S/C17H12ClFN4O/c18-11-4-6-13(7-5-11)21-17(24)15-8-9-16(23-22-15)20-14-3-1-2-12(19)10-14/h1-10H,(H,20,23)(H,21,24). The maximum Gasteiger partial charge on any atom is 0.276 e. The van der Waals surface area contributed by atoms with Gasteiger partial charge in [0.15, 0.2) is 11.5 Å². The zero-order valence-corrected chi connectivity index (χ0v) is 13.1. The van der Waals surface area contributed by atoms with Gasteiger partial charge in [-0.25, -0.2) is 4.39 Å². The van der Waals surface area contributed by atoms with Crippen LogP contribution in [-0.2, 0) is 0 Å². The number of hydrogen-bond acceptors (Lipinski definition) is 4. The Bertz CT molecular complexity index is 853. The number of nitrogens with one attached hydrogen (secondary N) is 2. The van der Waals surface area contributed by atoms with Gasteiger partial charge in [-0.2, -0.15) is 0 Å². The summed E-state index contributed by atoms with van der Waals surface area (Å²) in [7, 11) is 0. The highest BCUT2D eigenvalue weighted by atomic mass is 35.5. The number of benzene rings is 2. The van der Waals surface area contributed by atoms with Crippen molar-refractivity contribution in [1.82, 2.24) is 10.2 Å². The first kappa shape index (κ1) is 15.9. The molecule has 3 rings (SSSR count). The van der Waals surface area contributed by atoms with E-state index in [1.165, 1.54) is 18.2 Å². The summed E-state index contributed by atoms with van der Waals surface area (Å²) in [5, 5.41) is 14.0. The Kier molecular flexibility index (Phi) is 4.67. The average Bonchev–Trinajstić information content (AvgIpc) is 2.57. The third kappa shape index (κ3) is 4.05. The third-order valence-electron chi connectivity index (χ3n) is 3.10. The molecule has 0 atom stereocenters. The number of rotatable bonds is 4.